The van der Waals surface area contributed by atoms with Crippen LogP contribution in [0.1, 0.15) is 31.9 Å². The summed E-state index contributed by atoms with van der Waals surface area (Å²) in [6.45, 7) is 2.23. The fraction of sp³-hybridized carbons (Fsp3) is 0.636. The highest BCUT2D eigenvalue weighted by Gasteiger charge is 1.96. The first-order valence-electron chi connectivity index (χ1n) is 5.43. The summed E-state index contributed by atoms with van der Waals surface area (Å²) in [6.07, 6.45) is 7.55. The molecule has 0 aliphatic rings. The third-order valence-corrected chi connectivity index (χ3v) is 3.18. The van der Waals surface area contributed by atoms with Crippen LogP contribution in [0.3, 0.4) is 0 Å². The van der Waals surface area contributed by atoms with Crippen molar-refractivity contribution in [2.45, 2.75) is 31.9 Å². The molecule has 0 radical (unpaired) electrons. The lowest BCUT2D eigenvalue weighted by atomic mass is 10.3. The van der Waals surface area contributed by atoms with Gasteiger partial charge >= 0.3 is 0 Å². The van der Waals surface area contributed by atoms with Gasteiger partial charge in [-0.15, -0.1) is 0 Å². The Morgan fingerprint density at radius 3 is 2.73 bits per heavy atom. The molecule has 3 nitrogen and oxygen atoms in total. The monoisotopic (exact) mass is 225 g/mol. The van der Waals surface area contributed by atoms with Gasteiger partial charge in [0.05, 0.1) is 18.1 Å². The van der Waals surface area contributed by atoms with Crippen LogP contribution in [-0.4, -0.2) is 22.8 Å². The molecule has 0 fully saturated rings. The predicted molar refractivity (Wildman–Crippen MR) is 67.3 cm³/mol. The summed E-state index contributed by atoms with van der Waals surface area (Å²) >= 11 is 1.94. The van der Waals surface area contributed by atoms with Crippen LogP contribution in [0.4, 0.5) is 5.82 Å². The highest BCUT2D eigenvalue weighted by Crippen LogP contribution is 2.12. The van der Waals surface area contributed by atoms with E-state index in [9.17, 15) is 0 Å². The Morgan fingerprint density at radius 2 is 2.13 bits per heavy atom. The van der Waals surface area contributed by atoms with Gasteiger partial charge in [0, 0.05) is 12.8 Å². The highest BCUT2D eigenvalue weighted by molar-refractivity contribution is 7.98. The second kappa shape index (κ2) is 7.51. The molecule has 0 aliphatic carbocycles. The zero-order valence-corrected chi connectivity index (χ0v) is 10.3. The van der Waals surface area contributed by atoms with Crippen molar-refractivity contribution in [3.8, 4) is 0 Å². The summed E-state index contributed by atoms with van der Waals surface area (Å²) in [5.74, 6) is 3.03. The summed E-state index contributed by atoms with van der Waals surface area (Å²) in [5.41, 5.74) is 1.07. The molecule has 0 unspecified atom stereocenters. The van der Waals surface area contributed by atoms with E-state index in [1.54, 1.807) is 6.20 Å². The molecule has 1 aromatic heterocycles. The average Bonchev–Trinajstić information content (AvgIpc) is 2.30. The SMILES string of the molecule is CCCCCSCc1cnc(NC)cn1. The van der Waals surface area contributed by atoms with Gasteiger partial charge in [-0.25, -0.2) is 4.98 Å². The van der Waals surface area contributed by atoms with Crippen LogP contribution < -0.4 is 5.32 Å². The standard InChI is InChI=1S/C11H19N3S/c1-3-4-5-6-15-9-10-7-14-11(12-2)8-13-10/h7-8H,3-6,9H2,1-2H3,(H,12,14). The van der Waals surface area contributed by atoms with E-state index in [1.807, 2.05) is 25.0 Å². The zero-order chi connectivity index (χ0) is 10.9. The Labute approximate surface area is 96.1 Å². The molecule has 4 heteroatoms. The lowest BCUT2D eigenvalue weighted by molar-refractivity contribution is 0.778. The molecule has 0 aliphatic heterocycles. The number of nitrogens with zero attached hydrogens (tertiary/aromatic N) is 2. The Bertz CT molecular complexity index is 261. The van der Waals surface area contributed by atoms with Crippen molar-refractivity contribution in [1.82, 2.24) is 9.97 Å². The van der Waals surface area contributed by atoms with E-state index in [1.165, 1.54) is 25.0 Å². The maximum atomic E-state index is 4.32. The maximum Gasteiger partial charge on any atom is 0.144 e. The smallest absolute Gasteiger partial charge is 0.144 e. The van der Waals surface area contributed by atoms with Crippen molar-refractivity contribution in [2.75, 3.05) is 18.1 Å². The van der Waals surface area contributed by atoms with E-state index in [2.05, 4.69) is 22.2 Å². The molecule has 1 rings (SSSR count). The number of anilines is 1. The molecule has 1 aromatic rings. The van der Waals surface area contributed by atoms with E-state index in [4.69, 9.17) is 0 Å². The first-order valence-corrected chi connectivity index (χ1v) is 6.58. The van der Waals surface area contributed by atoms with Gasteiger partial charge in [-0.2, -0.15) is 11.8 Å². The fourth-order valence-electron chi connectivity index (χ4n) is 1.19. The molecular formula is C11H19N3S. The lowest BCUT2D eigenvalue weighted by Gasteiger charge is -2.02. The van der Waals surface area contributed by atoms with Gasteiger partial charge in [0.15, 0.2) is 0 Å². The molecule has 0 atom stereocenters. The van der Waals surface area contributed by atoms with Crippen LogP contribution in [0.2, 0.25) is 0 Å². The highest BCUT2D eigenvalue weighted by atomic mass is 32.2. The molecule has 0 saturated carbocycles. The minimum absolute atomic E-state index is 0.828. The molecule has 84 valence electrons. The Hall–Kier alpha value is -0.770. The van der Waals surface area contributed by atoms with Gasteiger partial charge < -0.3 is 5.32 Å². The molecule has 0 aromatic carbocycles. The van der Waals surface area contributed by atoms with Gasteiger partial charge in [0.2, 0.25) is 0 Å². The number of thioether (sulfide) groups is 1. The van der Waals surface area contributed by atoms with Gasteiger partial charge in [-0.1, -0.05) is 19.8 Å². The summed E-state index contributed by atoms with van der Waals surface area (Å²) in [7, 11) is 1.85. The van der Waals surface area contributed by atoms with Gasteiger partial charge in [0.25, 0.3) is 0 Å². The number of nitrogens with one attached hydrogen (secondary N) is 1. The van der Waals surface area contributed by atoms with Crippen molar-refractivity contribution in [1.29, 1.82) is 0 Å². The van der Waals surface area contributed by atoms with E-state index in [-0.39, 0.29) is 0 Å². The van der Waals surface area contributed by atoms with Gasteiger partial charge in [0.1, 0.15) is 5.82 Å². The van der Waals surface area contributed by atoms with Gasteiger partial charge in [-0.3, -0.25) is 4.98 Å². The molecule has 1 heterocycles. The molecular weight excluding hydrogens is 206 g/mol. The second-order valence-electron chi connectivity index (χ2n) is 3.40. The summed E-state index contributed by atoms with van der Waals surface area (Å²) in [4.78, 5) is 8.55. The van der Waals surface area contributed by atoms with Crippen LogP contribution in [0.5, 0.6) is 0 Å². The number of unbranched alkanes of at least 4 members (excludes halogenated alkanes) is 2. The Kier molecular flexibility index (Phi) is 6.16. The first kappa shape index (κ1) is 12.3. The summed E-state index contributed by atoms with van der Waals surface area (Å²) in [6, 6.07) is 0. The zero-order valence-electron chi connectivity index (χ0n) is 9.49. The largest absolute Gasteiger partial charge is 0.372 e. The van der Waals surface area contributed by atoms with E-state index < -0.39 is 0 Å². The third-order valence-electron chi connectivity index (χ3n) is 2.10. The van der Waals surface area contributed by atoms with Crippen molar-refractivity contribution >= 4 is 17.6 Å². The van der Waals surface area contributed by atoms with Gasteiger partial charge in [-0.05, 0) is 12.2 Å². The summed E-state index contributed by atoms with van der Waals surface area (Å²) < 4.78 is 0. The molecule has 0 amide bonds. The van der Waals surface area contributed by atoms with Crippen molar-refractivity contribution in [3.05, 3.63) is 18.1 Å². The van der Waals surface area contributed by atoms with Crippen LogP contribution >= 0.6 is 11.8 Å². The average molecular weight is 225 g/mol. The number of hydrogen-bond donors (Lipinski definition) is 1. The van der Waals surface area contributed by atoms with Crippen molar-refractivity contribution in [3.63, 3.8) is 0 Å². The first-order chi connectivity index (χ1) is 7.36. The minimum Gasteiger partial charge on any atom is -0.372 e. The van der Waals surface area contributed by atoms with Crippen LogP contribution in [0.15, 0.2) is 12.4 Å². The number of hydrogen-bond acceptors (Lipinski definition) is 4. The molecule has 0 bridgehead atoms. The van der Waals surface area contributed by atoms with Crippen LogP contribution in [0, 0.1) is 0 Å². The normalized spacial score (nSPS) is 10.3. The topological polar surface area (TPSA) is 37.8 Å². The van der Waals surface area contributed by atoms with E-state index >= 15 is 0 Å². The quantitative estimate of drug-likeness (QED) is 0.724. The molecule has 15 heavy (non-hydrogen) atoms. The van der Waals surface area contributed by atoms with Crippen LogP contribution in [0.25, 0.3) is 0 Å². The molecule has 1 N–H and O–H groups in total. The minimum atomic E-state index is 0.828. The molecule has 0 saturated heterocycles. The Balaban J connectivity index is 2.20. The van der Waals surface area contributed by atoms with Crippen LogP contribution in [-0.2, 0) is 5.75 Å². The second-order valence-corrected chi connectivity index (χ2v) is 4.51. The lowest BCUT2D eigenvalue weighted by Crippen LogP contribution is -1.95. The summed E-state index contributed by atoms with van der Waals surface area (Å²) in [5, 5.41) is 2.96. The fourth-order valence-corrected chi connectivity index (χ4v) is 2.10. The number of rotatable bonds is 7. The van der Waals surface area contributed by atoms with E-state index in [0.29, 0.717) is 0 Å². The van der Waals surface area contributed by atoms with Crippen molar-refractivity contribution < 1.29 is 0 Å². The predicted octanol–water partition coefficient (Wildman–Crippen LogP) is 2.94. The Morgan fingerprint density at radius 1 is 1.27 bits per heavy atom. The van der Waals surface area contributed by atoms with E-state index in [0.717, 1.165) is 17.3 Å². The molecule has 0 spiro atoms. The maximum absolute atomic E-state index is 4.32. The van der Waals surface area contributed by atoms with Crippen molar-refractivity contribution in [2.24, 2.45) is 0 Å². The number of aromatic nitrogens is 2. The third kappa shape index (κ3) is 5.02.